The Morgan fingerprint density at radius 3 is 2.40 bits per heavy atom. The van der Waals surface area contributed by atoms with Crippen LogP contribution >= 0.6 is 0 Å². The summed E-state index contributed by atoms with van der Waals surface area (Å²) in [5.41, 5.74) is 0.554. The highest BCUT2D eigenvalue weighted by Crippen LogP contribution is 2.41. The van der Waals surface area contributed by atoms with Gasteiger partial charge in [-0.2, -0.15) is 0 Å². The molecule has 0 saturated carbocycles. The van der Waals surface area contributed by atoms with Crippen LogP contribution in [0.2, 0.25) is 0 Å². The van der Waals surface area contributed by atoms with Crippen LogP contribution in [0.3, 0.4) is 0 Å². The van der Waals surface area contributed by atoms with Gasteiger partial charge in [0.25, 0.3) is 0 Å². The fraction of sp³-hybridized carbons (Fsp3) is 0.350. The number of phenolic OH excluding ortho intramolecular Hbond substituents is 2. The lowest BCUT2D eigenvalue weighted by molar-refractivity contribution is -0.274. The summed E-state index contributed by atoms with van der Waals surface area (Å²) in [5.74, 6) is -1.77. The third-order valence-corrected chi connectivity index (χ3v) is 4.50. The molecule has 0 radical (unpaired) electrons. The molecule has 2 atom stereocenters. The molecule has 2 unspecified atom stereocenters. The summed E-state index contributed by atoms with van der Waals surface area (Å²) in [6.07, 6.45) is -6.31. The number of aliphatic hydroxyl groups is 1. The van der Waals surface area contributed by atoms with E-state index >= 15 is 0 Å². The molecule has 0 bridgehead atoms. The minimum atomic E-state index is -4.85. The molecule has 1 heterocycles. The van der Waals surface area contributed by atoms with E-state index in [-0.39, 0.29) is 47.6 Å². The molecular formula is C20H19F3O7. The maximum Gasteiger partial charge on any atom is 0.573 e. The summed E-state index contributed by atoms with van der Waals surface area (Å²) < 4.78 is 52.0. The van der Waals surface area contributed by atoms with Crippen LogP contribution in [0.5, 0.6) is 17.2 Å². The molecule has 0 spiro atoms. The summed E-state index contributed by atoms with van der Waals surface area (Å²) in [6, 6.07) is 5.69. The van der Waals surface area contributed by atoms with Crippen molar-refractivity contribution in [3.63, 3.8) is 0 Å². The third kappa shape index (κ3) is 4.84. The second kappa shape index (κ2) is 8.50. The molecule has 3 rings (SSSR count). The molecule has 3 N–H and O–H groups in total. The third-order valence-electron chi connectivity index (χ3n) is 4.50. The lowest BCUT2D eigenvalue weighted by Crippen LogP contribution is -2.19. The van der Waals surface area contributed by atoms with E-state index < -0.39 is 36.0 Å². The van der Waals surface area contributed by atoms with E-state index in [4.69, 9.17) is 9.47 Å². The van der Waals surface area contributed by atoms with Gasteiger partial charge in [0.05, 0.1) is 18.8 Å². The van der Waals surface area contributed by atoms with E-state index in [1.807, 2.05) is 0 Å². The maximum absolute atomic E-state index is 12.4. The van der Waals surface area contributed by atoms with Gasteiger partial charge in [-0.15, -0.1) is 13.2 Å². The second-order valence-corrected chi connectivity index (χ2v) is 6.68. The van der Waals surface area contributed by atoms with Gasteiger partial charge in [-0.3, -0.25) is 4.79 Å². The van der Waals surface area contributed by atoms with Gasteiger partial charge in [0, 0.05) is 18.1 Å². The van der Waals surface area contributed by atoms with Crippen molar-refractivity contribution in [1.29, 1.82) is 0 Å². The molecule has 30 heavy (non-hydrogen) atoms. The summed E-state index contributed by atoms with van der Waals surface area (Å²) in [5, 5.41) is 29.9. The van der Waals surface area contributed by atoms with E-state index in [1.54, 1.807) is 0 Å². The Kier molecular flexibility index (Phi) is 6.20. The molecule has 162 valence electrons. The number of Topliss-reactive ketones (excluding diaryl/α,β-unsaturated/α-hetero) is 1. The van der Waals surface area contributed by atoms with Gasteiger partial charge in [-0.25, -0.2) is 0 Å². The fourth-order valence-electron chi connectivity index (χ4n) is 3.33. The predicted molar refractivity (Wildman–Crippen MR) is 97.3 cm³/mol. The summed E-state index contributed by atoms with van der Waals surface area (Å²) >= 11 is 0. The number of rotatable bonds is 6. The minimum Gasteiger partial charge on any atom is -0.507 e. The van der Waals surface area contributed by atoms with E-state index in [2.05, 4.69) is 4.74 Å². The van der Waals surface area contributed by atoms with Gasteiger partial charge >= 0.3 is 6.36 Å². The lowest BCUT2D eigenvalue weighted by atomic mass is 9.90. The number of ketones is 1. The summed E-state index contributed by atoms with van der Waals surface area (Å²) in [4.78, 5) is 12.2. The molecule has 2 aromatic rings. The van der Waals surface area contributed by atoms with Crippen LogP contribution in [0.1, 0.15) is 22.8 Å². The minimum absolute atomic E-state index is 0.0521. The first kappa shape index (κ1) is 21.9. The first-order valence-corrected chi connectivity index (χ1v) is 8.92. The molecule has 1 aliphatic rings. The van der Waals surface area contributed by atoms with Gasteiger partial charge < -0.3 is 29.5 Å². The number of halogens is 3. The first-order valence-electron chi connectivity index (χ1n) is 8.92. The highest BCUT2D eigenvalue weighted by molar-refractivity contribution is 6.01. The average Bonchev–Trinajstić information content (AvgIpc) is 3.09. The highest BCUT2D eigenvalue weighted by atomic mass is 19.4. The van der Waals surface area contributed by atoms with Gasteiger partial charge in [0.15, 0.2) is 12.1 Å². The van der Waals surface area contributed by atoms with Crippen LogP contribution in [-0.2, 0) is 15.9 Å². The molecular weight excluding hydrogens is 409 g/mol. The van der Waals surface area contributed by atoms with Crippen molar-refractivity contribution >= 4 is 5.78 Å². The van der Waals surface area contributed by atoms with E-state index in [0.29, 0.717) is 0 Å². The Hall–Kier alpha value is -2.82. The zero-order chi connectivity index (χ0) is 22.1. The van der Waals surface area contributed by atoms with Gasteiger partial charge in [0.1, 0.15) is 23.4 Å². The van der Waals surface area contributed by atoms with Crippen molar-refractivity contribution in [3.8, 4) is 28.4 Å². The Labute approximate surface area is 169 Å². The molecule has 0 aliphatic carbocycles. The van der Waals surface area contributed by atoms with Gasteiger partial charge in [-0.05, 0) is 30.2 Å². The Morgan fingerprint density at radius 2 is 1.87 bits per heavy atom. The number of carbonyl (C=O) groups is 1. The molecule has 0 amide bonds. The van der Waals surface area contributed by atoms with Gasteiger partial charge in [0.2, 0.25) is 0 Å². The zero-order valence-electron chi connectivity index (χ0n) is 15.8. The summed E-state index contributed by atoms with van der Waals surface area (Å²) in [7, 11) is 0. The molecule has 1 saturated heterocycles. The first-order chi connectivity index (χ1) is 14.1. The Balaban J connectivity index is 2.05. The van der Waals surface area contributed by atoms with Crippen LogP contribution in [0.15, 0.2) is 30.3 Å². The van der Waals surface area contributed by atoms with Crippen molar-refractivity contribution in [1.82, 2.24) is 0 Å². The van der Waals surface area contributed by atoms with Crippen molar-refractivity contribution in [2.75, 3.05) is 13.2 Å². The van der Waals surface area contributed by atoms with Crippen molar-refractivity contribution in [3.05, 3.63) is 41.5 Å². The largest absolute Gasteiger partial charge is 0.573 e. The number of hydrogen-bond donors (Lipinski definition) is 3. The molecule has 1 aliphatic heterocycles. The quantitative estimate of drug-likeness (QED) is 0.607. The smallest absolute Gasteiger partial charge is 0.507 e. The Bertz CT molecular complexity index is 925. The lowest BCUT2D eigenvalue weighted by Gasteiger charge is -2.19. The second-order valence-electron chi connectivity index (χ2n) is 6.68. The van der Waals surface area contributed by atoms with Crippen LogP contribution in [0, 0.1) is 0 Å². The number of aromatic hydroxyl groups is 2. The molecule has 7 nitrogen and oxygen atoms in total. The van der Waals surface area contributed by atoms with Crippen LogP contribution in [0.4, 0.5) is 13.2 Å². The van der Waals surface area contributed by atoms with Crippen molar-refractivity contribution in [2.24, 2.45) is 0 Å². The normalized spacial score (nSPS) is 19.1. The molecule has 10 heteroatoms. The number of carbonyl (C=O) groups excluding carboxylic acids is 1. The topological polar surface area (TPSA) is 105 Å². The summed E-state index contributed by atoms with van der Waals surface area (Å²) in [6.45, 7) is 1.08. The van der Waals surface area contributed by atoms with E-state index in [1.165, 1.54) is 19.1 Å². The van der Waals surface area contributed by atoms with Crippen LogP contribution < -0.4 is 4.74 Å². The number of alkyl halides is 3. The van der Waals surface area contributed by atoms with Crippen LogP contribution in [0.25, 0.3) is 11.1 Å². The van der Waals surface area contributed by atoms with Crippen molar-refractivity contribution in [2.45, 2.75) is 32.1 Å². The average molecular weight is 428 g/mol. The maximum atomic E-state index is 12.4. The van der Waals surface area contributed by atoms with E-state index in [0.717, 1.165) is 18.2 Å². The number of benzene rings is 2. The van der Waals surface area contributed by atoms with Gasteiger partial charge in [-0.1, -0.05) is 12.1 Å². The van der Waals surface area contributed by atoms with E-state index in [9.17, 15) is 33.3 Å². The standard InChI is InChI=1S/C20H19F3O7/c1-10(25)18-14(6-17-28-9-13(8-24)29-17)19(16(27)7-15(18)26)11-2-4-12(5-3-11)30-20(21,22)23/h2-5,7,13,17,24,26-27H,6,8-9H2,1H3. The predicted octanol–water partition coefficient (Wildman–Crippen LogP) is 3.14. The Morgan fingerprint density at radius 1 is 1.20 bits per heavy atom. The molecule has 1 fully saturated rings. The zero-order valence-corrected chi connectivity index (χ0v) is 15.8. The SMILES string of the molecule is CC(=O)c1c(O)cc(O)c(-c2ccc(OC(F)(F)F)cc2)c1CC1OCC(CO)O1. The van der Waals surface area contributed by atoms with Crippen molar-refractivity contribution < 1.29 is 47.5 Å². The monoisotopic (exact) mass is 428 g/mol. The highest BCUT2D eigenvalue weighted by Gasteiger charge is 2.32. The number of phenols is 2. The number of hydrogen-bond acceptors (Lipinski definition) is 7. The molecule has 2 aromatic carbocycles. The fourth-order valence-corrected chi connectivity index (χ4v) is 3.33. The van der Waals surface area contributed by atoms with Crippen LogP contribution in [-0.4, -0.2) is 53.1 Å². The number of aliphatic hydroxyl groups excluding tert-OH is 1. The molecule has 0 aromatic heterocycles. The number of ether oxygens (including phenoxy) is 3.